The van der Waals surface area contributed by atoms with Gasteiger partial charge in [0.25, 0.3) is 0 Å². The highest BCUT2D eigenvalue weighted by Gasteiger charge is 2.07. The molecular weight excluding hydrogens is 214 g/mol. The number of aryl methyl sites for hydroxylation is 1. The lowest BCUT2D eigenvalue weighted by atomic mass is 10.2. The lowest BCUT2D eigenvalue weighted by molar-refractivity contribution is 0.507. The molecule has 0 aliphatic heterocycles. The molecule has 2 heterocycles. The van der Waals surface area contributed by atoms with E-state index >= 15 is 0 Å². The van der Waals surface area contributed by atoms with Crippen molar-refractivity contribution in [1.82, 2.24) is 4.98 Å². The highest BCUT2D eigenvalue weighted by molar-refractivity contribution is 5.42. The zero-order valence-electron chi connectivity index (χ0n) is 10.2. The number of nitrogens with two attached hydrogens (primary N) is 1. The van der Waals surface area contributed by atoms with Crippen LogP contribution < -0.4 is 10.6 Å². The van der Waals surface area contributed by atoms with E-state index in [0.29, 0.717) is 13.1 Å². The molecule has 0 bridgehead atoms. The summed E-state index contributed by atoms with van der Waals surface area (Å²) in [6.45, 7) is 3.21. The van der Waals surface area contributed by atoms with Crippen molar-refractivity contribution < 1.29 is 4.42 Å². The summed E-state index contributed by atoms with van der Waals surface area (Å²) < 4.78 is 5.32. The third-order valence-electron chi connectivity index (χ3n) is 2.60. The van der Waals surface area contributed by atoms with Gasteiger partial charge in [-0.3, -0.25) is 0 Å². The summed E-state index contributed by atoms with van der Waals surface area (Å²) in [5, 5.41) is 0. The van der Waals surface area contributed by atoms with E-state index in [-0.39, 0.29) is 0 Å². The Labute approximate surface area is 101 Å². The molecule has 0 aliphatic carbocycles. The Morgan fingerprint density at radius 2 is 2.24 bits per heavy atom. The van der Waals surface area contributed by atoms with Gasteiger partial charge < -0.3 is 15.1 Å². The van der Waals surface area contributed by atoms with Crippen molar-refractivity contribution in [2.45, 2.75) is 20.0 Å². The number of nitrogens with zero attached hydrogens (tertiary/aromatic N) is 2. The van der Waals surface area contributed by atoms with E-state index in [1.807, 2.05) is 43.1 Å². The highest BCUT2D eigenvalue weighted by Crippen LogP contribution is 2.16. The molecule has 0 aromatic carbocycles. The van der Waals surface area contributed by atoms with Crippen molar-refractivity contribution in [1.29, 1.82) is 0 Å². The molecule has 0 fully saturated rings. The van der Waals surface area contributed by atoms with Gasteiger partial charge in [-0.2, -0.15) is 0 Å². The predicted octanol–water partition coefficient (Wildman–Crippen LogP) is 2.08. The van der Waals surface area contributed by atoms with Crippen molar-refractivity contribution in [2.75, 3.05) is 11.9 Å². The van der Waals surface area contributed by atoms with Crippen LogP contribution in [0.3, 0.4) is 0 Å². The number of hydrogen-bond acceptors (Lipinski definition) is 4. The zero-order chi connectivity index (χ0) is 12.3. The fourth-order valence-electron chi connectivity index (χ4n) is 1.75. The smallest absolute Gasteiger partial charge is 0.129 e. The Hall–Kier alpha value is -1.81. The van der Waals surface area contributed by atoms with Crippen LogP contribution in [-0.2, 0) is 13.1 Å². The molecule has 0 saturated heterocycles. The van der Waals surface area contributed by atoms with E-state index in [0.717, 1.165) is 22.8 Å². The zero-order valence-corrected chi connectivity index (χ0v) is 10.2. The quantitative estimate of drug-likeness (QED) is 0.875. The van der Waals surface area contributed by atoms with Gasteiger partial charge in [0.2, 0.25) is 0 Å². The molecule has 0 aliphatic rings. The van der Waals surface area contributed by atoms with Gasteiger partial charge in [0.15, 0.2) is 0 Å². The first kappa shape index (κ1) is 11.7. The topological polar surface area (TPSA) is 55.3 Å². The van der Waals surface area contributed by atoms with E-state index in [9.17, 15) is 0 Å². The number of hydrogen-bond donors (Lipinski definition) is 1. The maximum atomic E-state index is 5.66. The Morgan fingerprint density at radius 3 is 2.88 bits per heavy atom. The summed E-state index contributed by atoms with van der Waals surface area (Å²) in [6.07, 6.45) is 1.68. The number of rotatable bonds is 4. The van der Waals surface area contributed by atoms with Crippen LogP contribution in [0.5, 0.6) is 0 Å². The maximum Gasteiger partial charge on any atom is 0.129 e. The highest BCUT2D eigenvalue weighted by atomic mass is 16.3. The van der Waals surface area contributed by atoms with Crippen LogP contribution in [0, 0.1) is 6.92 Å². The van der Waals surface area contributed by atoms with Gasteiger partial charge in [0.05, 0.1) is 12.8 Å². The van der Waals surface area contributed by atoms with Gasteiger partial charge in [-0.25, -0.2) is 4.98 Å². The number of aromatic nitrogens is 1. The summed E-state index contributed by atoms with van der Waals surface area (Å²) in [6, 6.07) is 7.86. The monoisotopic (exact) mass is 231 g/mol. The van der Waals surface area contributed by atoms with Crippen LogP contribution in [0.4, 0.5) is 5.82 Å². The van der Waals surface area contributed by atoms with Crippen LogP contribution in [0.2, 0.25) is 0 Å². The van der Waals surface area contributed by atoms with Gasteiger partial charge in [0.1, 0.15) is 11.6 Å². The molecule has 0 amide bonds. The second-order valence-corrected chi connectivity index (χ2v) is 4.11. The maximum absolute atomic E-state index is 5.66. The van der Waals surface area contributed by atoms with Crippen molar-refractivity contribution >= 4 is 5.82 Å². The molecule has 2 aromatic heterocycles. The number of furan rings is 1. The molecule has 0 atom stereocenters. The first-order valence-corrected chi connectivity index (χ1v) is 5.60. The van der Waals surface area contributed by atoms with Crippen LogP contribution in [0.25, 0.3) is 0 Å². The second kappa shape index (κ2) is 5.01. The molecule has 0 spiro atoms. The van der Waals surface area contributed by atoms with Gasteiger partial charge >= 0.3 is 0 Å². The SMILES string of the molecule is Cc1cc(CN)cc(N(C)Cc2ccco2)n1. The Balaban J connectivity index is 2.18. The first-order valence-electron chi connectivity index (χ1n) is 5.60. The van der Waals surface area contributed by atoms with Crippen LogP contribution in [-0.4, -0.2) is 12.0 Å². The van der Waals surface area contributed by atoms with Gasteiger partial charge in [-0.05, 0) is 36.8 Å². The lowest BCUT2D eigenvalue weighted by Crippen LogP contribution is -2.18. The first-order chi connectivity index (χ1) is 8.19. The molecule has 4 heteroatoms. The molecule has 0 unspecified atom stereocenters. The van der Waals surface area contributed by atoms with E-state index in [4.69, 9.17) is 10.2 Å². The fourth-order valence-corrected chi connectivity index (χ4v) is 1.75. The molecule has 4 nitrogen and oxygen atoms in total. The number of pyridine rings is 1. The van der Waals surface area contributed by atoms with E-state index in [1.165, 1.54) is 0 Å². The fraction of sp³-hybridized carbons (Fsp3) is 0.308. The number of anilines is 1. The summed E-state index contributed by atoms with van der Waals surface area (Å²) in [7, 11) is 1.99. The third kappa shape index (κ3) is 2.85. The largest absolute Gasteiger partial charge is 0.467 e. The summed E-state index contributed by atoms with van der Waals surface area (Å²) in [5.41, 5.74) is 7.74. The van der Waals surface area contributed by atoms with Gasteiger partial charge in [0, 0.05) is 19.3 Å². The van der Waals surface area contributed by atoms with Crippen LogP contribution in [0.15, 0.2) is 34.9 Å². The molecular formula is C13H17N3O. The molecule has 0 radical (unpaired) electrons. The summed E-state index contributed by atoms with van der Waals surface area (Å²) >= 11 is 0. The molecule has 2 rings (SSSR count). The summed E-state index contributed by atoms with van der Waals surface area (Å²) in [5.74, 6) is 1.84. The van der Waals surface area contributed by atoms with Crippen molar-refractivity contribution in [3.05, 3.63) is 47.5 Å². The van der Waals surface area contributed by atoms with Crippen molar-refractivity contribution in [3.63, 3.8) is 0 Å². The summed E-state index contributed by atoms with van der Waals surface area (Å²) in [4.78, 5) is 6.54. The Bertz CT molecular complexity index is 479. The minimum absolute atomic E-state index is 0.533. The standard InChI is InChI=1S/C13H17N3O/c1-10-6-11(8-14)7-13(15-10)16(2)9-12-4-3-5-17-12/h3-7H,8-9,14H2,1-2H3. The molecule has 2 aromatic rings. The van der Waals surface area contributed by atoms with Crippen molar-refractivity contribution in [2.24, 2.45) is 5.73 Å². The van der Waals surface area contributed by atoms with Gasteiger partial charge in [-0.15, -0.1) is 0 Å². The predicted molar refractivity (Wildman–Crippen MR) is 67.7 cm³/mol. The van der Waals surface area contributed by atoms with Crippen molar-refractivity contribution in [3.8, 4) is 0 Å². The molecule has 2 N–H and O–H groups in total. The minimum Gasteiger partial charge on any atom is -0.467 e. The minimum atomic E-state index is 0.533. The van der Waals surface area contributed by atoms with E-state index in [2.05, 4.69) is 4.98 Å². The van der Waals surface area contributed by atoms with E-state index < -0.39 is 0 Å². The lowest BCUT2D eigenvalue weighted by Gasteiger charge is -2.18. The Morgan fingerprint density at radius 1 is 1.41 bits per heavy atom. The average Bonchev–Trinajstić information content (AvgIpc) is 2.81. The Kier molecular flexibility index (Phi) is 3.44. The molecule has 17 heavy (non-hydrogen) atoms. The average molecular weight is 231 g/mol. The van der Waals surface area contributed by atoms with Crippen LogP contribution in [0.1, 0.15) is 17.0 Å². The molecule has 0 saturated carbocycles. The third-order valence-corrected chi connectivity index (χ3v) is 2.60. The normalized spacial score (nSPS) is 10.5. The van der Waals surface area contributed by atoms with Gasteiger partial charge in [-0.1, -0.05) is 0 Å². The van der Waals surface area contributed by atoms with E-state index in [1.54, 1.807) is 6.26 Å². The second-order valence-electron chi connectivity index (χ2n) is 4.11. The molecule has 90 valence electrons. The van der Waals surface area contributed by atoms with Crippen LogP contribution >= 0.6 is 0 Å².